The molecule has 0 spiro atoms. The Morgan fingerprint density at radius 3 is 2.45 bits per heavy atom. The predicted octanol–water partition coefficient (Wildman–Crippen LogP) is 3.62. The summed E-state index contributed by atoms with van der Waals surface area (Å²) in [5.41, 5.74) is 0.930. The van der Waals surface area contributed by atoms with E-state index >= 15 is 0 Å². The summed E-state index contributed by atoms with van der Waals surface area (Å²) < 4.78 is 26.8. The molecule has 2 rings (SSSR count). The second-order valence-corrected chi connectivity index (χ2v) is 7.99. The Morgan fingerprint density at radius 2 is 1.90 bits per heavy atom. The average molecular weight is 316 g/mol. The molecular formula is C15H22ClNO2S. The maximum absolute atomic E-state index is 12.6. The fourth-order valence-electron chi connectivity index (χ4n) is 2.85. The molecule has 0 heterocycles. The normalized spacial score (nSPS) is 24.0. The predicted molar refractivity (Wildman–Crippen MR) is 82.4 cm³/mol. The highest BCUT2D eigenvalue weighted by Gasteiger charge is 2.30. The maximum atomic E-state index is 12.6. The van der Waals surface area contributed by atoms with Gasteiger partial charge < -0.3 is 0 Å². The molecule has 0 amide bonds. The highest BCUT2D eigenvalue weighted by molar-refractivity contribution is 7.89. The van der Waals surface area contributed by atoms with Gasteiger partial charge in [-0.25, -0.2) is 8.42 Å². The Bertz CT molecular complexity index is 541. The summed E-state index contributed by atoms with van der Waals surface area (Å²) in [5.74, 6) is 1.00. The van der Waals surface area contributed by atoms with E-state index in [1.54, 1.807) is 35.6 Å². The number of rotatable bonds is 4. The van der Waals surface area contributed by atoms with Crippen LogP contribution in [0.4, 0.5) is 0 Å². The summed E-state index contributed by atoms with van der Waals surface area (Å²) in [4.78, 5) is 0.354. The summed E-state index contributed by atoms with van der Waals surface area (Å²) >= 11 is 5.73. The Labute approximate surface area is 127 Å². The van der Waals surface area contributed by atoms with E-state index in [1.807, 2.05) is 0 Å². The molecule has 112 valence electrons. The SMILES string of the molecule is CC1CCCC(N(C)S(=O)(=O)c2ccc(CCl)cc2)C1. The van der Waals surface area contributed by atoms with Crippen molar-refractivity contribution in [1.82, 2.24) is 4.31 Å². The number of alkyl halides is 1. The molecule has 2 unspecified atom stereocenters. The van der Waals surface area contributed by atoms with Crippen molar-refractivity contribution in [1.29, 1.82) is 0 Å². The lowest BCUT2D eigenvalue weighted by atomic mass is 9.87. The van der Waals surface area contributed by atoms with Gasteiger partial charge in [0.1, 0.15) is 0 Å². The summed E-state index contributed by atoms with van der Waals surface area (Å²) in [5, 5.41) is 0. The van der Waals surface area contributed by atoms with E-state index in [4.69, 9.17) is 11.6 Å². The van der Waals surface area contributed by atoms with Crippen molar-refractivity contribution in [2.45, 2.75) is 49.4 Å². The smallest absolute Gasteiger partial charge is 0.207 e. The Hall–Kier alpha value is -0.580. The molecule has 1 aliphatic rings. The second kappa shape index (κ2) is 6.46. The van der Waals surface area contributed by atoms with Gasteiger partial charge in [0, 0.05) is 19.0 Å². The van der Waals surface area contributed by atoms with Crippen molar-refractivity contribution in [2.24, 2.45) is 5.92 Å². The summed E-state index contributed by atoms with van der Waals surface area (Å²) in [6, 6.07) is 6.97. The highest BCUT2D eigenvalue weighted by atomic mass is 35.5. The third kappa shape index (κ3) is 3.35. The van der Waals surface area contributed by atoms with Crippen LogP contribution in [0.5, 0.6) is 0 Å². The zero-order valence-electron chi connectivity index (χ0n) is 12.0. The van der Waals surface area contributed by atoms with E-state index in [-0.39, 0.29) is 6.04 Å². The second-order valence-electron chi connectivity index (χ2n) is 5.72. The molecule has 1 aromatic carbocycles. The number of benzene rings is 1. The lowest BCUT2D eigenvalue weighted by Crippen LogP contribution is -2.39. The van der Waals surface area contributed by atoms with Gasteiger partial charge in [-0.2, -0.15) is 4.31 Å². The zero-order chi connectivity index (χ0) is 14.8. The van der Waals surface area contributed by atoms with Crippen LogP contribution in [0, 0.1) is 5.92 Å². The molecule has 0 radical (unpaired) electrons. The summed E-state index contributed by atoms with van der Waals surface area (Å²) in [6.07, 6.45) is 4.22. The Morgan fingerprint density at radius 1 is 1.25 bits per heavy atom. The van der Waals surface area contributed by atoms with Crippen LogP contribution >= 0.6 is 11.6 Å². The van der Waals surface area contributed by atoms with Crippen LogP contribution in [-0.4, -0.2) is 25.8 Å². The molecule has 1 aliphatic carbocycles. The van der Waals surface area contributed by atoms with E-state index in [0.29, 0.717) is 16.7 Å². The minimum atomic E-state index is -3.40. The first-order valence-corrected chi connectivity index (χ1v) is 9.05. The number of hydrogen-bond acceptors (Lipinski definition) is 2. The number of halogens is 1. The Balaban J connectivity index is 2.19. The molecule has 0 bridgehead atoms. The van der Waals surface area contributed by atoms with Gasteiger partial charge in [-0.15, -0.1) is 11.6 Å². The van der Waals surface area contributed by atoms with Crippen LogP contribution in [0.2, 0.25) is 0 Å². The largest absolute Gasteiger partial charge is 0.243 e. The highest BCUT2D eigenvalue weighted by Crippen LogP contribution is 2.29. The van der Waals surface area contributed by atoms with Crippen molar-refractivity contribution >= 4 is 21.6 Å². The van der Waals surface area contributed by atoms with E-state index < -0.39 is 10.0 Å². The molecule has 0 aromatic heterocycles. The van der Waals surface area contributed by atoms with Gasteiger partial charge in [0.15, 0.2) is 0 Å². The maximum Gasteiger partial charge on any atom is 0.243 e. The summed E-state index contributed by atoms with van der Waals surface area (Å²) in [7, 11) is -1.69. The third-order valence-corrected chi connectivity index (χ3v) is 6.41. The number of hydrogen-bond donors (Lipinski definition) is 0. The van der Waals surface area contributed by atoms with Crippen LogP contribution in [0.3, 0.4) is 0 Å². The molecule has 5 heteroatoms. The van der Waals surface area contributed by atoms with Crippen LogP contribution in [0.25, 0.3) is 0 Å². The van der Waals surface area contributed by atoms with Gasteiger partial charge >= 0.3 is 0 Å². The van der Waals surface area contributed by atoms with Crippen LogP contribution in [0.1, 0.15) is 38.2 Å². The molecule has 0 N–H and O–H groups in total. The first-order chi connectivity index (χ1) is 9.45. The van der Waals surface area contributed by atoms with Crippen molar-refractivity contribution in [3.8, 4) is 0 Å². The topological polar surface area (TPSA) is 37.4 Å². The zero-order valence-corrected chi connectivity index (χ0v) is 13.6. The lowest BCUT2D eigenvalue weighted by molar-refractivity contribution is 0.239. The van der Waals surface area contributed by atoms with E-state index in [9.17, 15) is 8.42 Å². The van der Waals surface area contributed by atoms with Crippen molar-refractivity contribution < 1.29 is 8.42 Å². The van der Waals surface area contributed by atoms with Gasteiger partial charge in [0.2, 0.25) is 10.0 Å². The van der Waals surface area contributed by atoms with E-state index in [1.165, 1.54) is 6.42 Å². The van der Waals surface area contributed by atoms with Crippen LogP contribution < -0.4 is 0 Å². The number of nitrogens with zero attached hydrogens (tertiary/aromatic N) is 1. The molecule has 3 nitrogen and oxygen atoms in total. The van der Waals surface area contributed by atoms with Crippen LogP contribution in [0.15, 0.2) is 29.2 Å². The Kier molecular flexibility index (Phi) is 5.10. The van der Waals surface area contributed by atoms with E-state index in [0.717, 1.165) is 24.8 Å². The van der Waals surface area contributed by atoms with Gasteiger partial charge in [-0.05, 0) is 36.5 Å². The van der Waals surface area contributed by atoms with E-state index in [2.05, 4.69) is 6.92 Å². The minimum absolute atomic E-state index is 0.122. The molecule has 2 atom stereocenters. The standard InChI is InChI=1S/C15H22ClNO2S/c1-12-4-3-5-14(10-12)17(2)20(18,19)15-8-6-13(11-16)7-9-15/h6-9,12,14H,3-5,10-11H2,1-2H3. The van der Waals surface area contributed by atoms with Crippen molar-refractivity contribution in [3.05, 3.63) is 29.8 Å². The van der Waals surface area contributed by atoms with Gasteiger partial charge in [-0.3, -0.25) is 0 Å². The number of sulfonamides is 1. The van der Waals surface area contributed by atoms with Gasteiger partial charge in [0.05, 0.1) is 4.90 Å². The first kappa shape index (κ1) is 15.8. The first-order valence-electron chi connectivity index (χ1n) is 7.08. The lowest BCUT2D eigenvalue weighted by Gasteiger charge is -2.33. The molecule has 1 fully saturated rings. The van der Waals surface area contributed by atoms with Crippen LogP contribution in [-0.2, 0) is 15.9 Å². The molecule has 20 heavy (non-hydrogen) atoms. The quantitative estimate of drug-likeness (QED) is 0.796. The molecular weight excluding hydrogens is 294 g/mol. The van der Waals surface area contributed by atoms with Gasteiger partial charge in [-0.1, -0.05) is 31.9 Å². The third-order valence-electron chi connectivity index (χ3n) is 4.18. The summed E-state index contributed by atoms with van der Waals surface area (Å²) in [6.45, 7) is 2.20. The average Bonchev–Trinajstić information content (AvgIpc) is 2.46. The molecule has 0 saturated heterocycles. The monoisotopic (exact) mass is 315 g/mol. The fraction of sp³-hybridized carbons (Fsp3) is 0.600. The van der Waals surface area contributed by atoms with Crippen molar-refractivity contribution in [2.75, 3.05) is 7.05 Å². The minimum Gasteiger partial charge on any atom is -0.207 e. The molecule has 1 aromatic rings. The van der Waals surface area contributed by atoms with Crippen molar-refractivity contribution in [3.63, 3.8) is 0 Å². The fourth-order valence-corrected chi connectivity index (χ4v) is 4.42. The molecule has 1 saturated carbocycles. The van der Waals surface area contributed by atoms with Gasteiger partial charge in [0.25, 0.3) is 0 Å². The molecule has 0 aliphatic heterocycles.